The standard InChI is InChI=1S/C13H14Cl2FN3O2/c14-9-6-8(16)7-10(15)11(9)18-12(20)13(21)19-4-1-2-17-3-5-19/h6-7,17H,1-5H2,(H,18,20). The van der Waals surface area contributed by atoms with Crippen LogP contribution in [0.2, 0.25) is 10.0 Å². The van der Waals surface area contributed by atoms with Crippen LogP contribution in [0.25, 0.3) is 0 Å². The molecule has 21 heavy (non-hydrogen) atoms. The van der Waals surface area contributed by atoms with Crippen molar-refractivity contribution in [1.82, 2.24) is 10.2 Å². The van der Waals surface area contributed by atoms with Gasteiger partial charge in [-0.1, -0.05) is 23.2 Å². The average molecular weight is 334 g/mol. The van der Waals surface area contributed by atoms with E-state index in [1.165, 1.54) is 4.90 Å². The molecule has 1 fully saturated rings. The van der Waals surface area contributed by atoms with Crippen LogP contribution in [0.1, 0.15) is 6.42 Å². The summed E-state index contributed by atoms with van der Waals surface area (Å²) in [7, 11) is 0. The summed E-state index contributed by atoms with van der Waals surface area (Å²) in [6, 6.07) is 2.03. The van der Waals surface area contributed by atoms with E-state index in [4.69, 9.17) is 23.2 Å². The Morgan fingerprint density at radius 2 is 1.86 bits per heavy atom. The fourth-order valence-electron chi connectivity index (χ4n) is 2.02. The number of benzene rings is 1. The van der Waals surface area contributed by atoms with Crippen molar-refractivity contribution in [3.8, 4) is 0 Å². The first kappa shape index (κ1) is 16.0. The number of carbonyl (C=O) groups excluding carboxylic acids is 2. The Hall–Kier alpha value is -1.37. The zero-order chi connectivity index (χ0) is 15.4. The summed E-state index contributed by atoms with van der Waals surface area (Å²) >= 11 is 11.6. The van der Waals surface area contributed by atoms with E-state index in [9.17, 15) is 14.0 Å². The molecule has 0 spiro atoms. The molecule has 0 bridgehead atoms. The predicted octanol–water partition coefficient (Wildman–Crippen LogP) is 1.89. The van der Waals surface area contributed by atoms with Gasteiger partial charge in [0.05, 0.1) is 15.7 Å². The lowest BCUT2D eigenvalue weighted by molar-refractivity contribution is -0.143. The monoisotopic (exact) mass is 333 g/mol. The molecule has 5 nitrogen and oxygen atoms in total. The van der Waals surface area contributed by atoms with Gasteiger partial charge < -0.3 is 15.5 Å². The van der Waals surface area contributed by atoms with E-state index in [-0.39, 0.29) is 15.7 Å². The molecule has 0 atom stereocenters. The second-order valence-electron chi connectivity index (χ2n) is 4.59. The molecule has 1 aliphatic heterocycles. The smallest absolute Gasteiger partial charge is 0.313 e. The first-order valence-electron chi connectivity index (χ1n) is 6.44. The maximum Gasteiger partial charge on any atom is 0.313 e. The quantitative estimate of drug-likeness (QED) is 0.771. The Balaban J connectivity index is 2.08. The minimum atomic E-state index is -0.840. The SMILES string of the molecule is O=C(Nc1c(Cl)cc(F)cc1Cl)C(=O)N1CCCNCC1. The van der Waals surface area contributed by atoms with Gasteiger partial charge >= 0.3 is 11.8 Å². The van der Waals surface area contributed by atoms with Crippen LogP contribution < -0.4 is 10.6 Å². The van der Waals surface area contributed by atoms with E-state index < -0.39 is 17.6 Å². The molecular weight excluding hydrogens is 320 g/mol. The van der Waals surface area contributed by atoms with Crippen molar-refractivity contribution in [3.05, 3.63) is 28.0 Å². The minimum absolute atomic E-state index is 0.0334. The molecule has 8 heteroatoms. The summed E-state index contributed by atoms with van der Waals surface area (Å²) in [5.41, 5.74) is 0.0334. The molecule has 0 unspecified atom stereocenters. The first-order chi connectivity index (χ1) is 9.99. The van der Waals surface area contributed by atoms with Crippen LogP contribution in [0.5, 0.6) is 0 Å². The fraction of sp³-hybridized carbons (Fsp3) is 0.385. The number of nitrogens with one attached hydrogen (secondary N) is 2. The molecular formula is C13H14Cl2FN3O2. The van der Waals surface area contributed by atoms with Crippen LogP contribution in [0, 0.1) is 5.82 Å². The topological polar surface area (TPSA) is 61.4 Å². The van der Waals surface area contributed by atoms with Gasteiger partial charge in [0, 0.05) is 19.6 Å². The van der Waals surface area contributed by atoms with E-state index >= 15 is 0 Å². The second-order valence-corrected chi connectivity index (χ2v) is 5.41. The minimum Gasteiger partial charge on any atom is -0.333 e. The highest BCUT2D eigenvalue weighted by molar-refractivity contribution is 6.44. The van der Waals surface area contributed by atoms with Gasteiger partial charge in [-0.15, -0.1) is 0 Å². The molecule has 0 aromatic heterocycles. The highest BCUT2D eigenvalue weighted by atomic mass is 35.5. The molecule has 2 N–H and O–H groups in total. The summed E-state index contributed by atoms with van der Waals surface area (Å²) in [5.74, 6) is -2.12. The van der Waals surface area contributed by atoms with Gasteiger partial charge in [-0.3, -0.25) is 9.59 Å². The summed E-state index contributed by atoms with van der Waals surface area (Å²) in [6.45, 7) is 2.40. The molecule has 1 aliphatic rings. The number of rotatable bonds is 1. The second kappa shape index (κ2) is 7.06. The highest BCUT2D eigenvalue weighted by Crippen LogP contribution is 2.31. The molecule has 0 radical (unpaired) electrons. The maximum atomic E-state index is 13.1. The molecule has 1 saturated heterocycles. The van der Waals surface area contributed by atoms with Gasteiger partial charge in [-0.25, -0.2) is 4.39 Å². The van der Waals surface area contributed by atoms with Crippen LogP contribution in [0.15, 0.2) is 12.1 Å². The van der Waals surface area contributed by atoms with Crippen molar-refractivity contribution >= 4 is 40.7 Å². The first-order valence-corrected chi connectivity index (χ1v) is 7.20. The summed E-state index contributed by atoms with van der Waals surface area (Å²) in [4.78, 5) is 25.5. The third kappa shape index (κ3) is 4.06. The van der Waals surface area contributed by atoms with E-state index in [0.717, 1.165) is 25.1 Å². The lowest BCUT2D eigenvalue weighted by Crippen LogP contribution is -2.41. The number of carbonyl (C=O) groups is 2. The van der Waals surface area contributed by atoms with Gasteiger partial charge in [0.2, 0.25) is 0 Å². The van der Waals surface area contributed by atoms with E-state index in [1.54, 1.807) is 0 Å². The molecule has 114 valence electrons. The fourth-order valence-corrected chi connectivity index (χ4v) is 2.58. The Bertz CT molecular complexity index is 537. The van der Waals surface area contributed by atoms with Gasteiger partial charge in [-0.05, 0) is 25.1 Å². The Morgan fingerprint density at radius 1 is 1.19 bits per heavy atom. The molecule has 0 aliphatic carbocycles. The Labute approximate surface area is 131 Å². The molecule has 1 heterocycles. The van der Waals surface area contributed by atoms with Crippen molar-refractivity contribution < 1.29 is 14.0 Å². The van der Waals surface area contributed by atoms with E-state index in [2.05, 4.69) is 10.6 Å². The van der Waals surface area contributed by atoms with Crippen LogP contribution in [0.4, 0.5) is 10.1 Å². The van der Waals surface area contributed by atoms with Crippen molar-refractivity contribution in [3.63, 3.8) is 0 Å². The van der Waals surface area contributed by atoms with Crippen molar-refractivity contribution in [2.75, 3.05) is 31.5 Å². The Kier molecular flexibility index (Phi) is 5.39. The molecule has 2 rings (SSSR count). The lowest BCUT2D eigenvalue weighted by atomic mass is 10.3. The van der Waals surface area contributed by atoms with Crippen molar-refractivity contribution in [2.24, 2.45) is 0 Å². The van der Waals surface area contributed by atoms with E-state index in [1.807, 2.05) is 0 Å². The summed E-state index contributed by atoms with van der Waals surface area (Å²) in [6.07, 6.45) is 0.775. The Morgan fingerprint density at radius 3 is 2.52 bits per heavy atom. The van der Waals surface area contributed by atoms with Crippen molar-refractivity contribution in [1.29, 1.82) is 0 Å². The van der Waals surface area contributed by atoms with Crippen LogP contribution >= 0.6 is 23.2 Å². The van der Waals surface area contributed by atoms with E-state index in [0.29, 0.717) is 19.6 Å². The lowest BCUT2D eigenvalue weighted by Gasteiger charge is -2.19. The van der Waals surface area contributed by atoms with Gasteiger partial charge in [0.15, 0.2) is 0 Å². The maximum absolute atomic E-state index is 13.1. The van der Waals surface area contributed by atoms with Gasteiger partial charge in [0.25, 0.3) is 0 Å². The van der Waals surface area contributed by atoms with Crippen LogP contribution in [0.3, 0.4) is 0 Å². The number of hydrogen-bond acceptors (Lipinski definition) is 3. The highest BCUT2D eigenvalue weighted by Gasteiger charge is 2.24. The average Bonchev–Trinajstić information content (AvgIpc) is 2.70. The third-order valence-corrected chi connectivity index (χ3v) is 3.66. The molecule has 1 aromatic carbocycles. The molecule has 0 saturated carbocycles. The van der Waals surface area contributed by atoms with Gasteiger partial charge in [-0.2, -0.15) is 0 Å². The predicted molar refractivity (Wildman–Crippen MR) is 79.1 cm³/mol. The number of halogens is 3. The summed E-state index contributed by atoms with van der Waals surface area (Å²) < 4.78 is 13.1. The normalized spacial score (nSPS) is 15.5. The zero-order valence-electron chi connectivity index (χ0n) is 11.1. The largest absolute Gasteiger partial charge is 0.333 e. The van der Waals surface area contributed by atoms with Crippen LogP contribution in [-0.4, -0.2) is 42.9 Å². The third-order valence-electron chi connectivity index (χ3n) is 3.07. The zero-order valence-corrected chi connectivity index (χ0v) is 12.6. The van der Waals surface area contributed by atoms with Gasteiger partial charge in [0.1, 0.15) is 5.82 Å². The molecule has 1 aromatic rings. The number of nitrogens with zero attached hydrogens (tertiary/aromatic N) is 1. The number of hydrogen-bond donors (Lipinski definition) is 2. The summed E-state index contributed by atoms with van der Waals surface area (Å²) in [5, 5.41) is 5.36. The number of amides is 2. The number of anilines is 1. The molecule has 2 amide bonds. The van der Waals surface area contributed by atoms with Crippen molar-refractivity contribution in [2.45, 2.75) is 6.42 Å². The van der Waals surface area contributed by atoms with Crippen LogP contribution in [-0.2, 0) is 9.59 Å².